The molecule has 0 radical (unpaired) electrons. The maximum Gasteiger partial charge on any atom is 0.573 e. The van der Waals surface area contributed by atoms with Crippen LogP contribution in [0.25, 0.3) is 0 Å². The molecule has 1 aliphatic rings. The fourth-order valence-corrected chi connectivity index (χ4v) is 1.76. The number of amides is 1. The summed E-state index contributed by atoms with van der Waals surface area (Å²) in [6, 6.07) is 5.33. The average molecular weight is 289 g/mol. The Labute approximate surface area is 113 Å². The number of hydrogen-bond donors (Lipinski definition) is 1. The van der Waals surface area contributed by atoms with Gasteiger partial charge in [-0.05, 0) is 24.8 Å². The molecule has 2 N–H and O–H groups in total. The van der Waals surface area contributed by atoms with Crippen LogP contribution in [0.5, 0.6) is 5.75 Å². The third-order valence-electron chi connectivity index (χ3n) is 2.88. The van der Waals surface area contributed by atoms with Gasteiger partial charge in [-0.25, -0.2) is 0 Å². The van der Waals surface area contributed by atoms with Crippen LogP contribution >= 0.6 is 0 Å². The zero-order valence-corrected chi connectivity index (χ0v) is 10.5. The van der Waals surface area contributed by atoms with E-state index in [0.29, 0.717) is 12.5 Å². The standard InChI is InChI=1S/C13H14F3NO3/c14-13(15,16)20-10-4-2-1-3-9(10)11(12(17)18)19-7-8-5-6-8/h1-4,8,11H,5-7H2,(H2,17,18). The van der Waals surface area contributed by atoms with Crippen molar-refractivity contribution in [1.82, 2.24) is 0 Å². The Kier molecular flexibility index (Phi) is 4.17. The van der Waals surface area contributed by atoms with E-state index in [4.69, 9.17) is 10.5 Å². The number of primary amides is 1. The highest BCUT2D eigenvalue weighted by Crippen LogP contribution is 2.34. The minimum Gasteiger partial charge on any atom is -0.405 e. The van der Waals surface area contributed by atoms with Crippen LogP contribution in [0.2, 0.25) is 0 Å². The fourth-order valence-electron chi connectivity index (χ4n) is 1.76. The van der Waals surface area contributed by atoms with Crippen molar-refractivity contribution in [2.24, 2.45) is 11.7 Å². The van der Waals surface area contributed by atoms with Gasteiger partial charge in [0.05, 0.1) is 6.61 Å². The van der Waals surface area contributed by atoms with Crippen LogP contribution < -0.4 is 10.5 Å². The van der Waals surface area contributed by atoms with Crippen molar-refractivity contribution >= 4 is 5.91 Å². The first-order valence-electron chi connectivity index (χ1n) is 6.12. The summed E-state index contributed by atoms with van der Waals surface area (Å²) < 4.78 is 46.2. The van der Waals surface area contributed by atoms with E-state index in [1.54, 1.807) is 0 Å². The smallest absolute Gasteiger partial charge is 0.405 e. The van der Waals surface area contributed by atoms with Crippen molar-refractivity contribution in [3.05, 3.63) is 29.8 Å². The summed E-state index contributed by atoms with van der Waals surface area (Å²) in [4.78, 5) is 11.4. The first-order valence-corrected chi connectivity index (χ1v) is 6.12. The van der Waals surface area contributed by atoms with Crippen LogP contribution in [0.1, 0.15) is 24.5 Å². The second kappa shape index (κ2) is 5.70. The molecule has 20 heavy (non-hydrogen) atoms. The summed E-state index contributed by atoms with van der Waals surface area (Å²) in [5, 5.41) is 0. The Morgan fingerprint density at radius 3 is 2.55 bits per heavy atom. The summed E-state index contributed by atoms with van der Waals surface area (Å²) in [5.41, 5.74) is 5.19. The molecule has 0 aromatic heterocycles. The Balaban J connectivity index is 2.19. The molecule has 0 heterocycles. The van der Waals surface area contributed by atoms with Crippen LogP contribution in [0.4, 0.5) is 13.2 Å². The van der Waals surface area contributed by atoms with Crippen LogP contribution in [-0.4, -0.2) is 18.9 Å². The van der Waals surface area contributed by atoms with E-state index in [9.17, 15) is 18.0 Å². The predicted molar refractivity (Wildman–Crippen MR) is 63.7 cm³/mol. The quantitative estimate of drug-likeness (QED) is 0.875. The molecule has 2 rings (SSSR count). The van der Waals surface area contributed by atoms with Crippen molar-refractivity contribution in [3.8, 4) is 5.75 Å². The van der Waals surface area contributed by atoms with E-state index >= 15 is 0 Å². The molecule has 1 saturated carbocycles. The SMILES string of the molecule is NC(=O)C(OCC1CC1)c1ccccc1OC(F)(F)F. The van der Waals surface area contributed by atoms with Gasteiger partial charge in [-0.3, -0.25) is 4.79 Å². The number of benzene rings is 1. The zero-order valence-electron chi connectivity index (χ0n) is 10.5. The normalized spacial score (nSPS) is 16.8. The maximum atomic E-state index is 12.3. The number of rotatable bonds is 6. The summed E-state index contributed by atoms with van der Waals surface area (Å²) in [6.07, 6.45) is -4.10. The van der Waals surface area contributed by atoms with E-state index < -0.39 is 24.1 Å². The lowest BCUT2D eigenvalue weighted by molar-refractivity contribution is -0.275. The van der Waals surface area contributed by atoms with E-state index in [1.165, 1.54) is 18.2 Å². The summed E-state index contributed by atoms with van der Waals surface area (Å²) in [5.74, 6) is -0.962. The van der Waals surface area contributed by atoms with Crippen molar-refractivity contribution in [3.63, 3.8) is 0 Å². The molecule has 1 aromatic carbocycles. The number of ether oxygens (including phenoxy) is 2. The molecule has 4 nitrogen and oxygen atoms in total. The molecule has 0 spiro atoms. The second-order valence-electron chi connectivity index (χ2n) is 4.64. The molecule has 1 amide bonds. The molecule has 0 bridgehead atoms. The highest BCUT2D eigenvalue weighted by molar-refractivity contribution is 5.81. The average Bonchev–Trinajstić information content (AvgIpc) is 3.13. The fraction of sp³-hybridized carbons (Fsp3) is 0.462. The molecule has 1 atom stereocenters. The van der Waals surface area contributed by atoms with Crippen LogP contribution in [0.15, 0.2) is 24.3 Å². The van der Waals surface area contributed by atoms with Gasteiger partial charge >= 0.3 is 6.36 Å². The minimum absolute atomic E-state index is 0.0158. The Bertz CT molecular complexity index is 486. The van der Waals surface area contributed by atoms with Gasteiger partial charge in [0.15, 0.2) is 6.10 Å². The molecule has 7 heteroatoms. The van der Waals surface area contributed by atoms with E-state index in [-0.39, 0.29) is 5.56 Å². The number of nitrogens with two attached hydrogens (primary N) is 1. The van der Waals surface area contributed by atoms with Gasteiger partial charge in [0.1, 0.15) is 5.75 Å². The van der Waals surface area contributed by atoms with Crippen molar-refractivity contribution < 1.29 is 27.4 Å². The molecule has 1 aromatic rings. The number of alkyl halides is 3. The molecule has 110 valence electrons. The van der Waals surface area contributed by atoms with Crippen molar-refractivity contribution in [1.29, 1.82) is 0 Å². The van der Waals surface area contributed by atoms with Crippen LogP contribution in [0, 0.1) is 5.92 Å². The summed E-state index contributed by atoms with van der Waals surface area (Å²) in [6.45, 7) is 0.300. The number of para-hydroxylation sites is 1. The molecule has 0 saturated heterocycles. The van der Waals surface area contributed by atoms with Gasteiger partial charge in [-0.2, -0.15) is 0 Å². The molecular formula is C13H14F3NO3. The van der Waals surface area contributed by atoms with Gasteiger partial charge in [-0.15, -0.1) is 13.2 Å². The van der Waals surface area contributed by atoms with Crippen LogP contribution in [-0.2, 0) is 9.53 Å². The van der Waals surface area contributed by atoms with Gasteiger partial charge in [0, 0.05) is 5.56 Å². The van der Waals surface area contributed by atoms with Gasteiger partial charge in [-0.1, -0.05) is 18.2 Å². The lowest BCUT2D eigenvalue weighted by Crippen LogP contribution is -2.26. The van der Waals surface area contributed by atoms with Gasteiger partial charge < -0.3 is 15.2 Å². The molecule has 0 aliphatic heterocycles. The first kappa shape index (κ1) is 14.6. The van der Waals surface area contributed by atoms with Crippen molar-refractivity contribution in [2.45, 2.75) is 25.3 Å². The summed E-state index contributed by atoms with van der Waals surface area (Å²) in [7, 11) is 0. The Morgan fingerprint density at radius 1 is 1.35 bits per heavy atom. The Hall–Kier alpha value is -1.76. The maximum absolute atomic E-state index is 12.3. The molecular weight excluding hydrogens is 275 g/mol. The molecule has 1 aliphatic carbocycles. The van der Waals surface area contributed by atoms with Gasteiger partial charge in [0.2, 0.25) is 0 Å². The molecule has 1 unspecified atom stereocenters. The monoisotopic (exact) mass is 289 g/mol. The van der Waals surface area contributed by atoms with Crippen molar-refractivity contribution in [2.75, 3.05) is 6.61 Å². The predicted octanol–water partition coefficient (Wildman–Crippen LogP) is 2.54. The summed E-state index contributed by atoms with van der Waals surface area (Å²) >= 11 is 0. The highest BCUT2D eigenvalue weighted by atomic mass is 19.4. The number of carbonyl (C=O) groups is 1. The first-order chi connectivity index (χ1) is 9.37. The molecule has 1 fully saturated rings. The lowest BCUT2D eigenvalue weighted by Gasteiger charge is -2.19. The minimum atomic E-state index is -4.84. The largest absolute Gasteiger partial charge is 0.573 e. The highest BCUT2D eigenvalue weighted by Gasteiger charge is 2.34. The third-order valence-corrected chi connectivity index (χ3v) is 2.88. The van der Waals surface area contributed by atoms with Crippen LogP contribution in [0.3, 0.4) is 0 Å². The number of halogens is 3. The van der Waals surface area contributed by atoms with E-state index in [1.807, 2.05) is 0 Å². The number of carbonyl (C=O) groups excluding carboxylic acids is 1. The zero-order chi connectivity index (χ0) is 14.8. The Morgan fingerprint density at radius 2 is 2.00 bits per heavy atom. The number of hydrogen-bond acceptors (Lipinski definition) is 3. The lowest BCUT2D eigenvalue weighted by atomic mass is 10.1. The second-order valence-corrected chi connectivity index (χ2v) is 4.64. The third kappa shape index (κ3) is 4.12. The van der Waals surface area contributed by atoms with E-state index in [0.717, 1.165) is 18.9 Å². The van der Waals surface area contributed by atoms with Gasteiger partial charge in [0.25, 0.3) is 5.91 Å². The van der Waals surface area contributed by atoms with E-state index in [2.05, 4.69) is 4.74 Å². The topological polar surface area (TPSA) is 61.6 Å².